The van der Waals surface area contributed by atoms with E-state index >= 15 is 0 Å². The van der Waals surface area contributed by atoms with E-state index in [1.807, 2.05) is 6.92 Å². The van der Waals surface area contributed by atoms with Gasteiger partial charge in [-0.15, -0.1) is 0 Å². The molecule has 0 aromatic carbocycles. The third-order valence-corrected chi connectivity index (χ3v) is 0.908. The van der Waals surface area contributed by atoms with E-state index in [4.69, 9.17) is 9.84 Å². The van der Waals surface area contributed by atoms with Gasteiger partial charge >= 0.3 is 6.16 Å². The van der Waals surface area contributed by atoms with Gasteiger partial charge in [0.25, 0.3) is 0 Å². The first-order valence-electron chi connectivity index (χ1n) is 3.20. The molecule has 0 saturated heterocycles. The van der Waals surface area contributed by atoms with E-state index in [-0.39, 0.29) is 6.79 Å². The molecule has 0 fully saturated rings. The quantitative estimate of drug-likeness (QED) is 0.364. The zero-order valence-electron chi connectivity index (χ0n) is 6.00. The normalized spacial score (nSPS) is 9.30. The van der Waals surface area contributed by atoms with Crippen molar-refractivity contribution in [2.45, 2.75) is 19.8 Å². The molecule has 0 aliphatic rings. The molecular weight excluding hydrogens is 136 g/mol. The fourth-order valence-electron chi connectivity index (χ4n) is 0.397. The topological polar surface area (TPSA) is 55.8 Å². The highest BCUT2D eigenvalue weighted by atomic mass is 16.7. The van der Waals surface area contributed by atoms with E-state index in [2.05, 4.69) is 4.74 Å². The van der Waals surface area contributed by atoms with E-state index in [1.165, 1.54) is 0 Å². The Bertz CT molecular complexity index is 91.7. The second kappa shape index (κ2) is 6.35. The Balaban J connectivity index is 2.84. The number of carbonyl (C=O) groups is 1. The molecule has 0 aliphatic heterocycles. The summed E-state index contributed by atoms with van der Waals surface area (Å²) >= 11 is 0. The van der Waals surface area contributed by atoms with Crippen LogP contribution in [0.5, 0.6) is 0 Å². The van der Waals surface area contributed by atoms with Gasteiger partial charge in [0.05, 0.1) is 6.61 Å². The molecule has 60 valence electrons. The molecule has 4 heteroatoms. The van der Waals surface area contributed by atoms with Crippen LogP contribution in [-0.4, -0.2) is 24.7 Å². The molecule has 0 aliphatic carbocycles. The number of rotatable bonds is 5. The predicted octanol–water partition coefficient (Wildman–Crippen LogP) is 1.46. The lowest BCUT2D eigenvalue weighted by Gasteiger charge is -2.00. The highest BCUT2D eigenvalue weighted by Gasteiger charge is 1.93. The second-order valence-electron chi connectivity index (χ2n) is 1.79. The zero-order valence-corrected chi connectivity index (χ0v) is 6.00. The Morgan fingerprint density at radius 2 is 2.30 bits per heavy atom. The van der Waals surface area contributed by atoms with Gasteiger partial charge in [-0.3, -0.25) is 0 Å². The first-order chi connectivity index (χ1) is 4.77. The van der Waals surface area contributed by atoms with Crippen LogP contribution in [0.4, 0.5) is 4.79 Å². The summed E-state index contributed by atoms with van der Waals surface area (Å²) in [7, 11) is 0. The lowest BCUT2D eigenvalue weighted by molar-refractivity contribution is -0.0342. The monoisotopic (exact) mass is 148 g/mol. The molecule has 0 radical (unpaired) electrons. The molecule has 0 atom stereocenters. The van der Waals surface area contributed by atoms with Gasteiger partial charge in [0.15, 0.2) is 6.79 Å². The maximum Gasteiger partial charge on any atom is 0.507 e. The summed E-state index contributed by atoms with van der Waals surface area (Å²) in [4.78, 5) is 9.73. The summed E-state index contributed by atoms with van der Waals surface area (Å²) in [6.07, 6.45) is 0.673. The Labute approximate surface area is 59.7 Å². The molecule has 0 saturated carbocycles. The van der Waals surface area contributed by atoms with Crippen LogP contribution in [-0.2, 0) is 9.47 Å². The fraction of sp³-hybridized carbons (Fsp3) is 0.833. The Morgan fingerprint density at radius 3 is 2.80 bits per heavy atom. The third-order valence-electron chi connectivity index (χ3n) is 0.908. The Morgan fingerprint density at radius 1 is 1.60 bits per heavy atom. The number of hydrogen-bond donors (Lipinski definition) is 1. The molecule has 0 bridgehead atoms. The average molecular weight is 148 g/mol. The van der Waals surface area contributed by atoms with Gasteiger partial charge in [-0.2, -0.15) is 0 Å². The number of ether oxygens (including phenoxy) is 2. The standard InChI is InChI=1S/C6H12O4/c1-2-3-4-9-5-10-6(7)8/h2-5H2,1H3,(H,7,8). The Kier molecular flexibility index (Phi) is 5.86. The van der Waals surface area contributed by atoms with Crippen molar-refractivity contribution in [2.24, 2.45) is 0 Å². The van der Waals surface area contributed by atoms with Crippen molar-refractivity contribution < 1.29 is 19.4 Å². The van der Waals surface area contributed by atoms with Crippen LogP contribution in [0.15, 0.2) is 0 Å². The molecule has 0 aromatic rings. The van der Waals surface area contributed by atoms with Crippen LogP contribution in [0.3, 0.4) is 0 Å². The lowest BCUT2D eigenvalue weighted by atomic mass is 10.4. The van der Waals surface area contributed by atoms with Crippen LogP contribution in [0.2, 0.25) is 0 Å². The van der Waals surface area contributed by atoms with Gasteiger partial charge in [0, 0.05) is 0 Å². The molecule has 0 aromatic heterocycles. The van der Waals surface area contributed by atoms with Crippen molar-refractivity contribution in [3.63, 3.8) is 0 Å². The summed E-state index contributed by atoms with van der Waals surface area (Å²) in [5.74, 6) is 0. The molecular formula is C6H12O4. The minimum Gasteiger partial charge on any atom is -0.450 e. The van der Waals surface area contributed by atoms with Crippen LogP contribution in [0.25, 0.3) is 0 Å². The lowest BCUT2D eigenvalue weighted by Crippen LogP contribution is -2.05. The van der Waals surface area contributed by atoms with Gasteiger partial charge in [-0.05, 0) is 6.42 Å². The maximum absolute atomic E-state index is 9.73. The highest BCUT2D eigenvalue weighted by molar-refractivity contribution is 5.56. The van der Waals surface area contributed by atoms with Crippen molar-refractivity contribution >= 4 is 6.16 Å². The van der Waals surface area contributed by atoms with Gasteiger partial charge in [-0.25, -0.2) is 4.79 Å². The van der Waals surface area contributed by atoms with Gasteiger partial charge in [0.2, 0.25) is 0 Å². The van der Waals surface area contributed by atoms with Crippen molar-refractivity contribution in [3.8, 4) is 0 Å². The summed E-state index contributed by atoms with van der Waals surface area (Å²) in [5.41, 5.74) is 0. The summed E-state index contributed by atoms with van der Waals surface area (Å²) < 4.78 is 8.86. The van der Waals surface area contributed by atoms with E-state index in [0.29, 0.717) is 6.61 Å². The molecule has 0 rings (SSSR count). The van der Waals surface area contributed by atoms with Crippen LogP contribution in [0.1, 0.15) is 19.8 Å². The van der Waals surface area contributed by atoms with Crippen molar-refractivity contribution in [1.29, 1.82) is 0 Å². The maximum atomic E-state index is 9.73. The summed E-state index contributed by atoms with van der Waals surface area (Å²) in [6, 6.07) is 0. The van der Waals surface area contributed by atoms with Gasteiger partial charge < -0.3 is 14.6 Å². The van der Waals surface area contributed by atoms with Crippen molar-refractivity contribution in [3.05, 3.63) is 0 Å². The molecule has 10 heavy (non-hydrogen) atoms. The Hall–Kier alpha value is -0.770. The third kappa shape index (κ3) is 7.23. The molecule has 0 unspecified atom stereocenters. The highest BCUT2D eigenvalue weighted by Crippen LogP contribution is 1.87. The summed E-state index contributed by atoms with van der Waals surface area (Å²) in [5, 5.41) is 7.97. The van der Waals surface area contributed by atoms with Crippen LogP contribution in [0, 0.1) is 0 Å². The number of carboxylic acid groups (broad SMARTS) is 1. The molecule has 1 N–H and O–H groups in total. The second-order valence-corrected chi connectivity index (χ2v) is 1.79. The largest absolute Gasteiger partial charge is 0.507 e. The average Bonchev–Trinajstić information content (AvgIpc) is 1.87. The van der Waals surface area contributed by atoms with E-state index in [1.54, 1.807) is 0 Å². The minimum atomic E-state index is -1.29. The number of hydrogen-bond acceptors (Lipinski definition) is 3. The van der Waals surface area contributed by atoms with Crippen molar-refractivity contribution in [1.82, 2.24) is 0 Å². The first kappa shape index (κ1) is 9.23. The number of unbranched alkanes of at least 4 members (excludes halogenated alkanes) is 1. The van der Waals surface area contributed by atoms with Crippen molar-refractivity contribution in [2.75, 3.05) is 13.4 Å². The molecule has 4 nitrogen and oxygen atoms in total. The van der Waals surface area contributed by atoms with Crippen LogP contribution < -0.4 is 0 Å². The molecule has 0 amide bonds. The first-order valence-corrected chi connectivity index (χ1v) is 3.20. The summed E-state index contributed by atoms with van der Waals surface area (Å²) in [6.45, 7) is 2.43. The SMILES string of the molecule is CCCCOCOC(=O)O. The van der Waals surface area contributed by atoms with E-state index in [0.717, 1.165) is 12.8 Å². The minimum absolute atomic E-state index is 0.157. The van der Waals surface area contributed by atoms with E-state index in [9.17, 15) is 4.79 Å². The van der Waals surface area contributed by atoms with Gasteiger partial charge in [-0.1, -0.05) is 13.3 Å². The smallest absolute Gasteiger partial charge is 0.450 e. The van der Waals surface area contributed by atoms with Gasteiger partial charge in [0.1, 0.15) is 0 Å². The molecule has 0 spiro atoms. The predicted molar refractivity (Wildman–Crippen MR) is 34.8 cm³/mol. The van der Waals surface area contributed by atoms with E-state index < -0.39 is 6.16 Å². The van der Waals surface area contributed by atoms with Crippen LogP contribution >= 0.6 is 0 Å². The zero-order chi connectivity index (χ0) is 7.82. The molecule has 0 heterocycles. The fourth-order valence-corrected chi connectivity index (χ4v) is 0.397.